The maximum Gasteiger partial charge on any atom is 0.313 e. The van der Waals surface area contributed by atoms with Crippen molar-refractivity contribution in [2.24, 2.45) is 0 Å². The van der Waals surface area contributed by atoms with Gasteiger partial charge in [0, 0.05) is 5.56 Å². The van der Waals surface area contributed by atoms with Crippen LogP contribution >= 0.6 is 11.6 Å². The molecular formula is C14H12ClN3O2. The van der Waals surface area contributed by atoms with Crippen molar-refractivity contribution in [3.05, 3.63) is 51.4 Å². The number of rotatable bonds is 3. The number of aromatic nitrogens is 2. The van der Waals surface area contributed by atoms with Gasteiger partial charge in [-0.25, -0.2) is 9.97 Å². The zero-order valence-corrected chi connectivity index (χ0v) is 11.4. The van der Waals surface area contributed by atoms with Crippen molar-refractivity contribution in [3.8, 4) is 11.3 Å². The van der Waals surface area contributed by atoms with Gasteiger partial charge in [-0.2, -0.15) is 0 Å². The van der Waals surface area contributed by atoms with Crippen LogP contribution in [0.4, 0.5) is 5.69 Å². The summed E-state index contributed by atoms with van der Waals surface area (Å²) in [5.74, 6) is 0.458. The first-order chi connectivity index (χ1) is 9.66. The molecule has 5 nitrogen and oxygen atoms in total. The van der Waals surface area contributed by atoms with Crippen LogP contribution in [0.3, 0.4) is 0 Å². The van der Waals surface area contributed by atoms with Crippen LogP contribution in [0.1, 0.15) is 30.7 Å². The Hall–Kier alpha value is -2.01. The summed E-state index contributed by atoms with van der Waals surface area (Å²) in [6.45, 7) is 0. The van der Waals surface area contributed by atoms with Crippen LogP contribution in [0.5, 0.6) is 0 Å². The lowest BCUT2D eigenvalue weighted by Gasteiger charge is -2.27. The van der Waals surface area contributed by atoms with Gasteiger partial charge in [-0.15, -0.1) is 0 Å². The standard InChI is InChI=1S/C14H12ClN3O2/c15-14-16-8-12(18(19)20)13(17-14)11-7-2-1-6-10(11)9-4-3-5-9/h1-2,6-9H,3-5H2. The van der Waals surface area contributed by atoms with Crippen molar-refractivity contribution in [2.75, 3.05) is 0 Å². The van der Waals surface area contributed by atoms with E-state index < -0.39 is 4.92 Å². The van der Waals surface area contributed by atoms with Crippen LogP contribution in [-0.4, -0.2) is 14.9 Å². The van der Waals surface area contributed by atoms with Crippen LogP contribution in [0.15, 0.2) is 30.5 Å². The molecule has 1 aliphatic carbocycles. The van der Waals surface area contributed by atoms with Crippen molar-refractivity contribution >= 4 is 17.3 Å². The number of nitro groups is 1. The highest BCUT2D eigenvalue weighted by atomic mass is 35.5. The van der Waals surface area contributed by atoms with Gasteiger partial charge in [0.05, 0.1) is 4.92 Å². The third-order valence-electron chi connectivity index (χ3n) is 3.70. The first-order valence-electron chi connectivity index (χ1n) is 6.43. The second kappa shape index (κ2) is 5.17. The molecule has 3 rings (SSSR count). The molecule has 1 saturated carbocycles. The summed E-state index contributed by atoms with van der Waals surface area (Å²) in [6.07, 6.45) is 4.60. The summed E-state index contributed by atoms with van der Waals surface area (Å²) in [7, 11) is 0. The zero-order chi connectivity index (χ0) is 14.1. The van der Waals surface area contributed by atoms with Crippen LogP contribution < -0.4 is 0 Å². The van der Waals surface area contributed by atoms with E-state index in [2.05, 4.69) is 9.97 Å². The van der Waals surface area contributed by atoms with Crippen molar-refractivity contribution in [3.63, 3.8) is 0 Å². The van der Waals surface area contributed by atoms with Crippen molar-refractivity contribution in [2.45, 2.75) is 25.2 Å². The quantitative estimate of drug-likeness (QED) is 0.487. The van der Waals surface area contributed by atoms with Gasteiger partial charge in [-0.1, -0.05) is 30.7 Å². The molecule has 20 heavy (non-hydrogen) atoms. The van der Waals surface area contributed by atoms with E-state index >= 15 is 0 Å². The molecule has 2 aromatic rings. The van der Waals surface area contributed by atoms with E-state index in [0.29, 0.717) is 11.6 Å². The Morgan fingerprint density at radius 2 is 2.05 bits per heavy atom. The van der Waals surface area contributed by atoms with Gasteiger partial charge in [-0.3, -0.25) is 10.1 Å². The number of benzene rings is 1. The molecule has 0 radical (unpaired) electrons. The minimum Gasteiger partial charge on any atom is -0.258 e. The fourth-order valence-corrected chi connectivity index (χ4v) is 2.61. The Labute approximate surface area is 120 Å². The fraction of sp³-hybridized carbons (Fsp3) is 0.286. The Morgan fingerprint density at radius 3 is 2.70 bits per heavy atom. The summed E-state index contributed by atoms with van der Waals surface area (Å²) < 4.78 is 0. The highest BCUT2D eigenvalue weighted by Gasteiger charge is 2.26. The Balaban J connectivity index is 2.18. The lowest BCUT2D eigenvalue weighted by atomic mass is 9.77. The molecule has 1 aromatic heterocycles. The number of hydrogen-bond donors (Lipinski definition) is 0. The minimum absolute atomic E-state index is 0.0222. The topological polar surface area (TPSA) is 68.9 Å². The van der Waals surface area contributed by atoms with E-state index in [9.17, 15) is 10.1 Å². The summed E-state index contributed by atoms with van der Waals surface area (Å²) in [6, 6.07) is 7.68. The summed E-state index contributed by atoms with van der Waals surface area (Å²) in [5, 5.41) is 11.2. The van der Waals surface area contributed by atoms with Gasteiger partial charge in [0.25, 0.3) is 0 Å². The molecule has 1 aromatic carbocycles. The molecule has 1 heterocycles. The second-order valence-electron chi connectivity index (χ2n) is 4.85. The molecule has 0 unspecified atom stereocenters. The van der Waals surface area contributed by atoms with Gasteiger partial charge in [-0.05, 0) is 35.9 Å². The molecule has 0 amide bonds. The van der Waals surface area contributed by atoms with Crippen molar-refractivity contribution in [1.29, 1.82) is 0 Å². The molecule has 0 atom stereocenters. The Bertz CT molecular complexity index is 671. The molecule has 0 N–H and O–H groups in total. The minimum atomic E-state index is -0.469. The van der Waals surface area contributed by atoms with E-state index in [-0.39, 0.29) is 11.0 Å². The largest absolute Gasteiger partial charge is 0.313 e. The Morgan fingerprint density at radius 1 is 1.30 bits per heavy atom. The fourth-order valence-electron chi connectivity index (χ4n) is 2.47. The summed E-state index contributed by atoms with van der Waals surface area (Å²) in [4.78, 5) is 18.5. The monoisotopic (exact) mass is 289 g/mol. The lowest BCUT2D eigenvalue weighted by molar-refractivity contribution is -0.384. The molecule has 6 heteroatoms. The summed E-state index contributed by atoms with van der Waals surface area (Å²) >= 11 is 5.81. The number of hydrogen-bond acceptors (Lipinski definition) is 4. The first-order valence-corrected chi connectivity index (χ1v) is 6.81. The van der Waals surface area contributed by atoms with Gasteiger partial charge in [0.2, 0.25) is 5.28 Å². The molecule has 1 aliphatic rings. The van der Waals surface area contributed by atoms with E-state index in [1.54, 1.807) is 0 Å². The average molecular weight is 290 g/mol. The van der Waals surface area contributed by atoms with Crippen molar-refractivity contribution in [1.82, 2.24) is 9.97 Å². The predicted octanol–water partition coefficient (Wildman–Crippen LogP) is 3.97. The third kappa shape index (κ3) is 2.25. The first kappa shape index (κ1) is 13.0. The van der Waals surface area contributed by atoms with E-state index in [1.807, 2.05) is 24.3 Å². The van der Waals surface area contributed by atoms with E-state index in [0.717, 1.165) is 24.0 Å². The number of halogens is 1. The smallest absolute Gasteiger partial charge is 0.258 e. The lowest BCUT2D eigenvalue weighted by Crippen LogP contribution is -2.10. The predicted molar refractivity (Wildman–Crippen MR) is 75.7 cm³/mol. The van der Waals surface area contributed by atoms with Crippen LogP contribution in [-0.2, 0) is 0 Å². The van der Waals surface area contributed by atoms with Gasteiger partial charge < -0.3 is 0 Å². The van der Waals surface area contributed by atoms with E-state index in [4.69, 9.17) is 11.6 Å². The van der Waals surface area contributed by atoms with Gasteiger partial charge >= 0.3 is 5.69 Å². The van der Waals surface area contributed by atoms with Crippen LogP contribution in [0.2, 0.25) is 5.28 Å². The van der Waals surface area contributed by atoms with Crippen LogP contribution in [0.25, 0.3) is 11.3 Å². The van der Waals surface area contributed by atoms with Gasteiger partial charge in [0.15, 0.2) is 5.69 Å². The average Bonchev–Trinajstić information content (AvgIpc) is 2.37. The molecule has 0 saturated heterocycles. The van der Waals surface area contributed by atoms with Crippen molar-refractivity contribution < 1.29 is 4.92 Å². The van der Waals surface area contributed by atoms with Gasteiger partial charge in [0.1, 0.15) is 6.20 Å². The normalized spacial score (nSPS) is 14.8. The molecule has 0 bridgehead atoms. The molecule has 102 valence electrons. The summed E-state index contributed by atoms with van der Waals surface area (Å²) in [5.41, 5.74) is 2.09. The van der Waals surface area contributed by atoms with E-state index in [1.165, 1.54) is 12.6 Å². The Kier molecular flexibility index (Phi) is 3.36. The molecule has 1 fully saturated rings. The highest BCUT2D eigenvalue weighted by molar-refractivity contribution is 6.28. The zero-order valence-electron chi connectivity index (χ0n) is 10.6. The SMILES string of the molecule is O=[N+]([O-])c1cnc(Cl)nc1-c1ccccc1C1CCC1. The highest BCUT2D eigenvalue weighted by Crippen LogP contribution is 2.42. The van der Waals surface area contributed by atoms with Crippen LogP contribution in [0, 0.1) is 10.1 Å². The second-order valence-corrected chi connectivity index (χ2v) is 5.18. The molecular weight excluding hydrogens is 278 g/mol. The maximum absolute atomic E-state index is 11.2. The molecule has 0 spiro atoms. The maximum atomic E-state index is 11.2. The third-order valence-corrected chi connectivity index (χ3v) is 3.88. The molecule has 0 aliphatic heterocycles. The number of nitrogens with zero attached hydrogens (tertiary/aromatic N) is 3.